The van der Waals surface area contributed by atoms with E-state index in [1.807, 2.05) is 16.8 Å². The van der Waals surface area contributed by atoms with Crippen LogP contribution >= 0.6 is 11.3 Å². The van der Waals surface area contributed by atoms with E-state index in [0.717, 1.165) is 18.4 Å². The molecule has 1 aromatic rings. The highest BCUT2D eigenvalue weighted by Gasteiger charge is 2.36. The summed E-state index contributed by atoms with van der Waals surface area (Å²) < 4.78 is 0. The van der Waals surface area contributed by atoms with E-state index in [9.17, 15) is 9.59 Å². The minimum atomic E-state index is -0.984. The first kappa shape index (κ1) is 13.9. The zero-order chi connectivity index (χ0) is 14.0. The van der Waals surface area contributed by atoms with Crippen LogP contribution in [0.25, 0.3) is 0 Å². The summed E-state index contributed by atoms with van der Waals surface area (Å²) in [6.07, 6.45) is 2.01. The summed E-state index contributed by atoms with van der Waals surface area (Å²) in [7, 11) is 1.55. The SMILES string of the molecule is CC(C(=O)O)N(C)C(=O)N(Cc1ccsc1)C1CC1. The minimum absolute atomic E-state index is 0.205. The Morgan fingerprint density at radius 3 is 2.68 bits per heavy atom. The van der Waals surface area contributed by atoms with Gasteiger partial charge >= 0.3 is 12.0 Å². The number of rotatable bonds is 5. The summed E-state index contributed by atoms with van der Waals surface area (Å²) >= 11 is 1.60. The molecule has 1 N–H and O–H groups in total. The summed E-state index contributed by atoms with van der Waals surface area (Å²) in [5, 5.41) is 13.0. The second kappa shape index (κ2) is 5.61. The molecule has 0 bridgehead atoms. The molecular formula is C13H18N2O3S. The van der Waals surface area contributed by atoms with E-state index in [0.29, 0.717) is 6.54 Å². The van der Waals surface area contributed by atoms with E-state index >= 15 is 0 Å². The Bertz CT molecular complexity index is 456. The number of carboxylic acid groups (broad SMARTS) is 1. The van der Waals surface area contributed by atoms with Crippen molar-refractivity contribution < 1.29 is 14.7 Å². The van der Waals surface area contributed by atoms with E-state index in [1.54, 1.807) is 23.3 Å². The van der Waals surface area contributed by atoms with E-state index < -0.39 is 12.0 Å². The van der Waals surface area contributed by atoms with Crippen LogP contribution in [-0.4, -0.2) is 46.0 Å². The lowest BCUT2D eigenvalue weighted by molar-refractivity contribution is -0.141. The Balaban J connectivity index is 2.06. The summed E-state index contributed by atoms with van der Waals surface area (Å²) in [6, 6.07) is 1.24. The lowest BCUT2D eigenvalue weighted by atomic mass is 10.3. The van der Waals surface area contributed by atoms with Crippen LogP contribution in [-0.2, 0) is 11.3 Å². The molecule has 5 nitrogen and oxygen atoms in total. The number of thiophene rings is 1. The van der Waals surface area contributed by atoms with Crippen molar-refractivity contribution >= 4 is 23.3 Å². The normalized spacial score (nSPS) is 15.9. The van der Waals surface area contributed by atoms with Crippen molar-refractivity contribution in [1.82, 2.24) is 9.80 Å². The average Bonchev–Trinajstić information content (AvgIpc) is 3.10. The number of urea groups is 1. The highest BCUT2D eigenvalue weighted by molar-refractivity contribution is 7.07. The fourth-order valence-corrected chi connectivity index (χ4v) is 2.51. The molecule has 0 aliphatic heterocycles. The Kier molecular flexibility index (Phi) is 4.09. The van der Waals surface area contributed by atoms with E-state index in [1.165, 1.54) is 11.8 Å². The number of carbonyl (C=O) groups excluding carboxylic acids is 1. The molecular weight excluding hydrogens is 264 g/mol. The minimum Gasteiger partial charge on any atom is -0.480 e. The van der Waals surface area contributed by atoms with Gasteiger partial charge in [0, 0.05) is 19.6 Å². The van der Waals surface area contributed by atoms with Crippen LogP contribution in [0.5, 0.6) is 0 Å². The maximum absolute atomic E-state index is 12.4. The van der Waals surface area contributed by atoms with Gasteiger partial charge in [-0.15, -0.1) is 0 Å². The average molecular weight is 282 g/mol. The molecule has 104 valence electrons. The molecule has 1 aliphatic carbocycles. The van der Waals surface area contributed by atoms with Crippen LogP contribution in [0.2, 0.25) is 0 Å². The number of hydrogen-bond acceptors (Lipinski definition) is 3. The molecule has 0 spiro atoms. The maximum atomic E-state index is 12.4. The van der Waals surface area contributed by atoms with Crippen LogP contribution in [0.3, 0.4) is 0 Å². The fraction of sp³-hybridized carbons (Fsp3) is 0.538. The van der Waals surface area contributed by atoms with Gasteiger partial charge in [-0.1, -0.05) is 0 Å². The van der Waals surface area contributed by atoms with Gasteiger partial charge < -0.3 is 14.9 Å². The van der Waals surface area contributed by atoms with Crippen molar-refractivity contribution in [3.63, 3.8) is 0 Å². The van der Waals surface area contributed by atoms with Crippen molar-refractivity contribution in [1.29, 1.82) is 0 Å². The van der Waals surface area contributed by atoms with Crippen molar-refractivity contribution in [3.05, 3.63) is 22.4 Å². The summed E-state index contributed by atoms with van der Waals surface area (Å²) in [4.78, 5) is 26.4. The topological polar surface area (TPSA) is 60.9 Å². The van der Waals surface area contributed by atoms with Crippen LogP contribution in [0, 0.1) is 0 Å². The Morgan fingerprint density at radius 2 is 2.21 bits per heavy atom. The lowest BCUT2D eigenvalue weighted by Gasteiger charge is -2.30. The van der Waals surface area contributed by atoms with E-state index in [2.05, 4.69) is 0 Å². The van der Waals surface area contributed by atoms with Crippen molar-refractivity contribution in [2.45, 2.75) is 38.4 Å². The molecule has 1 unspecified atom stereocenters. The zero-order valence-corrected chi connectivity index (χ0v) is 11.9. The molecule has 1 heterocycles. The monoisotopic (exact) mass is 282 g/mol. The second-order valence-electron chi connectivity index (χ2n) is 4.90. The van der Waals surface area contributed by atoms with Crippen LogP contribution < -0.4 is 0 Å². The van der Waals surface area contributed by atoms with Crippen molar-refractivity contribution in [3.8, 4) is 0 Å². The molecule has 0 aromatic carbocycles. The molecule has 2 rings (SSSR count). The lowest BCUT2D eigenvalue weighted by Crippen LogP contribution is -2.48. The van der Waals surface area contributed by atoms with Crippen molar-refractivity contribution in [2.75, 3.05) is 7.05 Å². The third-order valence-electron chi connectivity index (χ3n) is 3.41. The number of likely N-dealkylation sites (N-methyl/N-ethyl adjacent to an activating group) is 1. The molecule has 0 radical (unpaired) electrons. The second-order valence-corrected chi connectivity index (χ2v) is 5.68. The van der Waals surface area contributed by atoms with Gasteiger partial charge in [0.1, 0.15) is 6.04 Å². The number of nitrogens with zero attached hydrogens (tertiary/aromatic N) is 2. The van der Waals surface area contributed by atoms with Gasteiger partial charge in [-0.25, -0.2) is 9.59 Å². The Labute approximate surface area is 116 Å². The number of amides is 2. The highest BCUT2D eigenvalue weighted by Crippen LogP contribution is 2.29. The third kappa shape index (κ3) is 3.26. The summed E-state index contributed by atoms with van der Waals surface area (Å²) in [5.74, 6) is -0.984. The molecule has 1 aromatic heterocycles. The molecule has 1 saturated carbocycles. The largest absolute Gasteiger partial charge is 0.480 e. The van der Waals surface area contributed by atoms with Gasteiger partial charge in [0.15, 0.2) is 0 Å². The van der Waals surface area contributed by atoms with Crippen LogP contribution in [0.1, 0.15) is 25.3 Å². The first-order valence-corrected chi connectivity index (χ1v) is 7.22. The fourth-order valence-electron chi connectivity index (χ4n) is 1.85. The van der Waals surface area contributed by atoms with Gasteiger partial charge in [0.2, 0.25) is 0 Å². The summed E-state index contributed by atoms with van der Waals surface area (Å²) in [5.41, 5.74) is 1.10. The first-order chi connectivity index (χ1) is 9.00. The molecule has 1 aliphatic rings. The van der Waals surface area contributed by atoms with Gasteiger partial charge in [-0.05, 0) is 42.2 Å². The van der Waals surface area contributed by atoms with Crippen LogP contribution in [0.15, 0.2) is 16.8 Å². The first-order valence-electron chi connectivity index (χ1n) is 6.28. The van der Waals surface area contributed by atoms with Gasteiger partial charge in [0.05, 0.1) is 0 Å². The third-order valence-corrected chi connectivity index (χ3v) is 4.14. The number of hydrogen-bond donors (Lipinski definition) is 1. The van der Waals surface area contributed by atoms with Gasteiger partial charge in [0.25, 0.3) is 0 Å². The molecule has 0 saturated heterocycles. The van der Waals surface area contributed by atoms with Gasteiger partial charge in [-0.3, -0.25) is 0 Å². The predicted octanol–water partition coefficient (Wildman–Crippen LogP) is 2.24. The number of aliphatic carboxylic acids is 1. The molecule has 1 fully saturated rings. The molecule has 2 amide bonds. The summed E-state index contributed by atoms with van der Waals surface area (Å²) in [6.45, 7) is 2.08. The number of carbonyl (C=O) groups is 2. The Morgan fingerprint density at radius 1 is 1.53 bits per heavy atom. The van der Waals surface area contributed by atoms with E-state index in [-0.39, 0.29) is 12.1 Å². The number of carboxylic acids is 1. The Hall–Kier alpha value is -1.56. The predicted molar refractivity (Wildman–Crippen MR) is 73.1 cm³/mol. The van der Waals surface area contributed by atoms with Crippen LogP contribution in [0.4, 0.5) is 4.79 Å². The molecule has 6 heteroatoms. The quantitative estimate of drug-likeness (QED) is 0.901. The zero-order valence-electron chi connectivity index (χ0n) is 11.1. The maximum Gasteiger partial charge on any atom is 0.326 e. The van der Waals surface area contributed by atoms with Crippen molar-refractivity contribution in [2.24, 2.45) is 0 Å². The molecule has 1 atom stereocenters. The highest BCUT2D eigenvalue weighted by atomic mass is 32.1. The standard InChI is InChI=1S/C13H18N2O3S/c1-9(12(16)17)14(2)13(18)15(11-3-4-11)7-10-5-6-19-8-10/h5-6,8-9,11H,3-4,7H2,1-2H3,(H,16,17). The molecule has 19 heavy (non-hydrogen) atoms. The van der Waals surface area contributed by atoms with E-state index in [4.69, 9.17) is 5.11 Å². The van der Waals surface area contributed by atoms with Gasteiger partial charge in [-0.2, -0.15) is 11.3 Å². The smallest absolute Gasteiger partial charge is 0.326 e.